The number of likely N-dealkylation sites (tertiary alicyclic amines) is 1. The predicted octanol–water partition coefficient (Wildman–Crippen LogP) is 4.94. The largest absolute Gasteiger partial charge is 0.489 e. The molecule has 1 saturated heterocycles. The number of carbonyl (C=O) groups excluding carboxylic acids is 4. The van der Waals surface area contributed by atoms with Gasteiger partial charge in [0.15, 0.2) is 22.9 Å². The summed E-state index contributed by atoms with van der Waals surface area (Å²) in [5, 5.41) is 8.11. The number of benzene rings is 1. The van der Waals surface area contributed by atoms with Gasteiger partial charge in [-0.05, 0) is 106 Å². The summed E-state index contributed by atoms with van der Waals surface area (Å²) in [6.07, 6.45) is 5.61. The summed E-state index contributed by atoms with van der Waals surface area (Å²) in [7, 11) is 0. The summed E-state index contributed by atoms with van der Waals surface area (Å²) >= 11 is 0.915. The molecule has 0 spiro atoms. The molecule has 11 heteroatoms. The van der Waals surface area contributed by atoms with Crippen molar-refractivity contribution in [2.24, 2.45) is 11.7 Å². The number of aryl methyl sites for hydroxylation is 2. The van der Waals surface area contributed by atoms with Crippen molar-refractivity contribution in [3.63, 3.8) is 0 Å². The number of nitrogens with one attached hydrogen (secondary N) is 1. The average molecular weight is 623 g/mol. The molecule has 2 aromatic rings. The van der Waals surface area contributed by atoms with Gasteiger partial charge in [-0.25, -0.2) is 0 Å². The number of nitrogens with zero attached hydrogens (tertiary/aromatic N) is 2. The van der Waals surface area contributed by atoms with Crippen molar-refractivity contribution >= 4 is 39.9 Å². The Morgan fingerprint density at radius 2 is 1.84 bits per heavy atom. The van der Waals surface area contributed by atoms with Gasteiger partial charge < -0.3 is 20.1 Å². The van der Waals surface area contributed by atoms with E-state index >= 15 is 0 Å². The van der Waals surface area contributed by atoms with E-state index in [2.05, 4.69) is 11.1 Å². The molecule has 1 amide bonds. The number of hydrogen-bond acceptors (Lipinski definition) is 10. The molecule has 2 heterocycles. The smallest absolute Gasteiger partial charge is 0.248 e. The maximum absolute atomic E-state index is 11.9. The highest BCUT2D eigenvalue weighted by Gasteiger charge is 2.31. The van der Waals surface area contributed by atoms with Crippen LogP contribution < -0.4 is 10.5 Å². The third-order valence-electron chi connectivity index (χ3n) is 7.22. The van der Waals surface area contributed by atoms with Gasteiger partial charge in [0.2, 0.25) is 5.91 Å². The monoisotopic (exact) mass is 622 g/mol. The number of thioether (sulfide) groups is 1. The number of ether oxygens (including phenoxy) is 2. The second-order valence-electron chi connectivity index (χ2n) is 11.2. The van der Waals surface area contributed by atoms with E-state index in [4.69, 9.17) is 20.6 Å². The second-order valence-corrected chi connectivity index (χ2v) is 12.4. The lowest BCUT2D eigenvalue weighted by Crippen LogP contribution is -2.28. The average Bonchev–Trinajstić information content (AvgIpc) is 3.45. The van der Waals surface area contributed by atoms with Crippen molar-refractivity contribution in [1.82, 2.24) is 9.88 Å². The Morgan fingerprint density at radius 3 is 2.43 bits per heavy atom. The van der Waals surface area contributed by atoms with Crippen molar-refractivity contribution in [2.45, 2.75) is 79.4 Å². The zero-order valence-corrected chi connectivity index (χ0v) is 26.9. The van der Waals surface area contributed by atoms with Crippen LogP contribution in [-0.4, -0.2) is 57.2 Å². The van der Waals surface area contributed by atoms with Gasteiger partial charge in [0.1, 0.15) is 18.1 Å². The first-order valence-electron chi connectivity index (χ1n) is 14.8. The standard InChI is InChI=1S/C18H20N2O2.C15H22N2O4S/c1-12-10-14(16-4-2-3-5-17(16)20-12)11-22-15-8-6-13(7-9-15)18(19)21;1-9(2)21-13(8-18)14(10(3)19)17-6-5-12(7-17)15(16)22-11(4)20/h6-10H,2-5,11H2,1H3,(H2,19,21);8-9,12,16H,5-7H2,1-4H3/b;14-13-,16-15?/t;12-/m.1/s1. The van der Waals surface area contributed by atoms with Gasteiger partial charge in [-0.2, -0.15) is 0 Å². The Bertz CT molecular complexity index is 1420. The molecule has 2 aliphatic rings. The quantitative estimate of drug-likeness (QED) is 0.123. The summed E-state index contributed by atoms with van der Waals surface area (Å²) in [5.74, 6) is 0.00709. The maximum Gasteiger partial charge on any atom is 0.248 e. The lowest BCUT2D eigenvalue weighted by Gasteiger charge is -2.23. The lowest BCUT2D eigenvalue weighted by molar-refractivity contribution is -0.116. The number of allylic oxidation sites excluding steroid dienone is 2. The van der Waals surface area contributed by atoms with Crippen molar-refractivity contribution < 1.29 is 28.7 Å². The van der Waals surface area contributed by atoms with Crippen molar-refractivity contribution in [3.8, 4) is 5.75 Å². The van der Waals surface area contributed by atoms with Crippen LogP contribution in [0.4, 0.5) is 0 Å². The Hall–Kier alpha value is -3.99. The van der Waals surface area contributed by atoms with Crippen LogP contribution in [0.15, 0.2) is 41.8 Å². The van der Waals surface area contributed by atoms with E-state index in [9.17, 15) is 19.2 Å². The van der Waals surface area contributed by atoms with Gasteiger partial charge in [-0.15, -0.1) is 0 Å². The van der Waals surface area contributed by atoms with E-state index in [1.54, 1.807) is 43.0 Å². The Morgan fingerprint density at radius 1 is 1.16 bits per heavy atom. The highest BCUT2D eigenvalue weighted by molar-refractivity contribution is 8.26. The van der Waals surface area contributed by atoms with Crippen molar-refractivity contribution in [3.05, 3.63) is 69.9 Å². The third-order valence-corrected chi connectivity index (χ3v) is 8.06. The molecule has 1 aliphatic heterocycles. The Labute approximate surface area is 263 Å². The summed E-state index contributed by atoms with van der Waals surface area (Å²) in [6, 6.07) is 9.04. The topological polar surface area (TPSA) is 153 Å². The van der Waals surface area contributed by atoms with Crippen LogP contribution >= 0.6 is 11.8 Å². The fourth-order valence-corrected chi connectivity index (χ4v) is 5.98. The number of aldehydes is 1. The summed E-state index contributed by atoms with van der Waals surface area (Å²) in [6.45, 7) is 9.94. The van der Waals surface area contributed by atoms with Gasteiger partial charge in [-0.3, -0.25) is 29.6 Å². The van der Waals surface area contributed by atoms with Crippen LogP contribution in [0.5, 0.6) is 5.75 Å². The van der Waals surface area contributed by atoms with E-state index in [0.29, 0.717) is 43.0 Å². The number of Topliss-reactive ketones (excluding diaryl/α,β-unsaturated/α-hetero) is 1. The van der Waals surface area contributed by atoms with Crippen molar-refractivity contribution in [1.29, 1.82) is 5.41 Å². The van der Waals surface area contributed by atoms with Crippen LogP contribution in [0.2, 0.25) is 0 Å². The molecule has 1 aliphatic carbocycles. The minimum atomic E-state index is -0.426. The predicted molar refractivity (Wildman–Crippen MR) is 171 cm³/mol. The zero-order chi connectivity index (χ0) is 32.4. The minimum Gasteiger partial charge on any atom is -0.489 e. The van der Waals surface area contributed by atoms with E-state index < -0.39 is 5.91 Å². The third kappa shape index (κ3) is 9.77. The molecule has 0 unspecified atom stereocenters. The van der Waals surface area contributed by atoms with Gasteiger partial charge in [0.05, 0.1) is 11.1 Å². The molecular formula is C33H42N4O6S. The molecule has 0 bridgehead atoms. The Kier molecular flexibility index (Phi) is 12.7. The highest BCUT2D eigenvalue weighted by Crippen LogP contribution is 2.28. The van der Waals surface area contributed by atoms with Crippen LogP contribution in [0.3, 0.4) is 0 Å². The van der Waals surface area contributed by atoms with E-state index in [-0.39, 0.29) is 34.4 Å². The fraction of sp³-hybridized carbons (Fsp3) is 0.455. The van der Waals surface area contributed by atoms with Crippen molar-refractivity contribution in [2.75, 3.05) is 13.1 Å². The van der Waals surface area contributed by atoms with Gasteiger partial charge in [-0.1, -0.05) is 0 Å². The lowest BCUT2D eigenvalue weighted by atomic mass is 9.92. The maximum atomic E-state index is 11.9. The summed E-state index contributed by atoms with van der Waals surface area (Å²) < 4.78 is 11.3. The fourth-order valence-electron chi connectivity index (χ4n) is 5.31. The van der Waals surface area contributed by atoms with Gasteiger partial charge in [0.25, 0.3) is 0 Å². The molecule has 10 nitrogen and oxygen atoms in total. The number of aromatic nitrogens is 1. The van der Waals surface area contributed by atoms with E-state index in [0.717, 1.165) is 36.0 Å². The number of fused-ring (bicyclic) bond motifs is 1. The van der Waals surface area contributed by atoms with Crippen LogP contribution in [0.1, 0.15) is 79.8 Å². The molecule has 3 N–H and O–H groups in total. The number of amides is 1. The summed E-state index contributed by atoms with van der Waals surface area (Å²) in [5.41, 5.74) is 10.8. The number of ketones is 1. The second kappa shape index (κ2) is 16.2. The first-order chi connectivity index (χ1) is 20.9. The minimum absolute atomic E-state index is 0.0360. The molecular weight excluding hydrogens is 580 g/mol. The first-order valence-corrected chi connectivity index (χ1v) is 15.6. The molecule has 1 aromatic heterocycles. The molecule has 1 aromatic carbocycles. The normalized spacial score (nSPS) is 16.2. The van der Waals surface area contributed by atoms with Gasteiger partial charge >= 0.3 is 0 Å². The number of carbonyl (C=O) groups is 4. The number of nitrogens with two attached hydrogens (primary N) is 1. The van der Waals surface area contributed by atoms with Crippen LogP contribution in [0, 0.1) is 18.3 Å². The highest BCUT2D eigenvalue weighted by atomic mass is 32.2. The van der Waals surface area contributed by atoms with E-state index in [1.807, 2.05) is 6.92 Å². The van der Waals surface area contributed by atoms with Gasteiger partial charge in [0, 0.05) is 49.8 Å². The molecule has 0 saturated carbocycles. The van der Waals surface area contributed by atoms with Crippen LogP contribution in [-0.2, 0) is 38.6 Å². The number of pyridine rings is 1. The molecule has 4 rings (SSSR count). The Balaban J connectivity index is 0.000000240. The SMILES string of the molecule is CC(=O)SC(=N)[C@@H]1CCN(/C(C(C)=O)=C(/C=O)OC(C)C)C1.Cc1cc(COc2ccc(C(N)=O)cc2)c2c(n1)CCCC2. The number of hydrogen-bond donors (Lipinski definition) is 2. The molecule has 1 fully saturated rings. The van der Waals surface area contributed by atoms with Crippen LogP contribution in [0.25, 0.3) is 0 Å². The zero-order valence-electron chi connectivity index (χ0n) is 26.1. The number of rotatable bonds is 10. The molecule has 236 valence electrons. The summed E-state index contributed by atoms with van der Waals surface area (Å²) in [4.78, 5) is 51.7. The molecule has 0 radical (unpaired) electrons. The van der Waals surface area contributed by atoms with E-state index in [1.165, 1.54) is 43.5 Å². The molecule has 44 heavy (non-hydrogen) atoms. The first kappa shape index (κ1) is 34.5. The molecule has 1 atom stereocenters. The number of primary amides is 1.